The van der Waals surface area contributed by atoms with Gasteiger partial charge < -0.3 is 10.6 Å². The zero-order chi connectivity index (χ0) is 12.9. The Bertz CT molecular complexity index is 269. The SMILES string of the molecule is CCCC1CC1NC(=NC)NCCC(F)(F)F.I. The van der Waals surface area contributed by atoms with E-state index in [0.717, 1.165) is 19.3 Å². The second-order valence-electron chi connectivity index (χ2n) is 4.40. The molecule has 0 aromatic rings. The summed E-state index contributed by atoms with van der Waals surface area (Å²) in [5.41, 5.74) is 0. The van der Waals surface area contributed by atoms with E-state index < -0.39 is 12.6 Å². The zero-order valence-electron chi connectivity index (χ0n) is 10.7. The van der Waals surface area contributed by atoms with Gasteiger partial charge in [-0.05, 0) is 18.8 Å². The van der Waals surface area contributed by atoms with E-state index >= 15 is 0 Å². The third-order valence-corrected chi connectivity index (χ3v) is 2.83. The number of alkyl halides is 3. The van der Waals surface area contributed by atoms with E-state index in [2.05, 4.69) is 22.5 Å². The third kappa shape index (κ3) is 7.27. The number of halogens is 4. The zero-order valence-corrected chi connectivity index (χ0v) is 13.0. The first-order valence-corrected chi connectivity index (χ1v) is 6.00. The molecule has 3 nitrogen and oxygen atoms in total. The van der Waals surface area contributed by atoms with Gasteiger partial charge in [-0.2, -0.15) is 13.2 Å². The van der Waals surface area contributed by atoms with Crippen LogP contribution in [0.3, 0.4) is 0 Å². The summed E-state index contributed by atoms with van der Waals surface area (Å²) >= 11 is 0. The molecule has 0 aliphatic heterocycles. The van der Waals surface area contributed by atoms with Crippen molar-refractivity contribution in [1.29, 1.82) is 0 Å². The Labute approximate surface area is 123 Å². The van der Waals surface area contributed by atoms with E-state index in [1.165, 1.54) is 0 Å². The number of hydrogen-bond acceptors (Lipinski definition) is 1. The topological polar surface area (TPSA) is 36.4 Å². The number of guanidine groups is 1. The van der Waals surface area contributed by atoms with Crippen molar-refractivity contribution in [3.05, 3.63) is 0 Å². The predicted molar refractivity (Wildman–Crippen MR) is 77.4 cm³/mol. The van der Waals surface area contributed by atoms with Crippen molar-refractivity contribution < 1.29 is 13.2 Å². The molecule has 1 aliphatic rings. The Morgan fingerprint density at radius 2 is 2.06 bits per heavy atom. The molecule has 0 saturated heterocycles. The molecule has 0 heterocycles. The van der Waals surface area contributed by atoms with Crippen molar-refractivity contribution in [2.75, 3.05) is 13.6 Å². The highest BCUT2D eigenvalue weighted by molar-refractivity contribution is 14.0. The lowest BCUT2D eigenvalue weighted by Crippen LogP contribution is -2.40. The van der Waals surface area contributed by atoms with Gasteiger partial charge in [-0.15, -0.1) is 24.0 Å². The molecule has 0 aromatic carbocycles. The monoisotopic (exact) mass is 379 g/mol. The summed E-state index contributed by atoms with van der Waals surface area (Å²) in [6, 6.07) is 0.382. The standard InChI is InChI=1S/C11H20F3N3.HI/c1-3-4-8-7-9(8)17-10(15-2)16-6-5-11(12,13)14;/h8-9H,3-7H2,1-2H3,(H2,15,16,17);1H. The van der Waals surface area contributed by atoms with E-state index in [1.807, 2.05) is 0 Å². The van der Waals surface area contributed by atoms with Gasteiger partial charge in [0.15, 0.2) is 5.96 Å². The molecule has 2 atom stereocenters. The minimum Gasteiger partial charge on any atom is -0.356 e. The second-order valence-corrected chi connectivity index (χ2v) is 4.40. The highest BCUT2D eigenvalue weighted by Gasteiger charge is 2.36. The highest BCUT2D eigenvalue weighted by Crippen LogP contribution is 2.34. The van der Waals surface area contributed by atoms with Crippen molar-refractivity contribution in [3.63, 3.8) is 0 Å². The summed E-state index contributed by atoms with van der Waals surface area (Å²) in [5.74, 6) is 1.12. The molecule has 108 valence electrons. The molecule has 0 radical (unpaired) electrons. The van der Waals surface area contributed by atoms with Gasteiger partial charge in [0.05, 0.1) is 6.42 Å². The van der Waals surface area contributed by atoms with Crippen LogP contribution in [0.4, 0.5) is 13.2 Å². The maximum Gasteiger partial charge on any atom is 0.390 e. The van der Waals surface area contributed by atoms with Gasteiger partial charge in [-0.1, -0.05) is 13.3 Å². The average Bonchev–Trinajstić information content (AvgIpc) is 2.94. The molecule has 1 rings (SSSR count). The molecule has 18 heavy (non-hydrogen) atoms. The van der Waals surface area contributed by atoms with Crippen molar-refractivity contribution >= 4 is 29.9 Å². The Morgan fingerprint density at radius 1 is 1.39 bits per heavy atom. The first kappa shape index (κ1) is 17.8. The van der Waals surface area contributed by atoms with Gasteiger partial charge in [-0.3, -0.25) is 4.99 Å². The van der Waals surface area contributed by atoms with Gasteiger partial charge in [0.25, 0.3) is 0 Å². The summed E-state index contributed by atoms with van der Waals surface area (Å²) in [6.07, 6.45) is -1.55. The van der Waals surface area contributed by atoms with Crippen LogP contribution in [0.15, 0.2) is 4.99 Å². The van der Waals surface area contributed by atoms with Crippen LogP contribution in [0.25, 0.3) is 0 Å². The van der Waals surface area contributed by atoms with E-state index in [9.17, 15) is 13.2 Å². The number of aliphatic imine (C=N–C) groups is 1. The van der Waals surface area contributed by atoms with E-state index in [1.54, 1.807) is 7.05 Å². The maximum absolute atomic E-state index is 11.9. The van der Waals surface area contributed by atoms with Crippen LogP contribution in [-0.4, -0.2) is 31.8 Å². The van der Waals surface area contributed by atoms with Crippen molar-refractivity contribution in [3.8, 4) is 0 Å². The van der Waals surface area contributed by atoms with Gasteiger partial charge in [0.2, 0.25) is 0 Å². The molecule has 7 heteroatoms. The second kappa shape index (κ2) is 8.06. The summed E-state index contributed by atoms with van der Waals surface area (Å²) in [4.78, 5) is 3.91. The molecule has 1 aliphatic carbocycles. The molecule has 0 spiro atoms. The van der Waals surface area contributed by atoms with Crippen LogP contribution in [0.5, 0.6) is 0 Å². The lowest BCUT2D eigenvalue weighted by atomic mass is 10.2. The number of rotatable bonds is 5. The average molecular weight is 379 g/mol. The lowest BCUT2D eigenvalue weighted by Gasteiger charge is -2.12. The van der Waals surface area contributed by atoms with Gasteiger partial charge >= 0.3 is 6.18 Å². The smallest absolute Gasteiger partial charge is 0.356 e. The van der Waals surface area contributed by atoms with Crippen molar-refractivity contribution in [2.45, 2.75) is 44.8 Å². The molecular formula is C11H21F3IN3. The first-order valence-electron chi connectivity index (χ1n) is 6.00. The molecular weight excluding hydrogens is 358 g/mol. The molecule has 0 amide bonds. The van der Waals surface area contributed by atoms with E-state index in [-0.39, 0.29) is 30.5 Å². The first-order chi connectivity index (χ1) is 7.96. The maximum atomic E-state index is 11.9. The van der Waals surface area contributed by atoms with Crippen molar-refractivity contribution in [2.24, 2.45) is 10.9 Å². The molecule has 2 N–H and O–H groups in total. The normalized spacial score (nSPS) is 23.3. The van der Waals surface area contributed by atoms with Crippen LogP contribution in [-0.2, 0) is 0 Å². The van der Waals surface area contributed by atoms with Crippen LogP contribution in [0.2, 0.25) is 0 Å². The predicted octanol–water partition coefficient (Wildman–Crippen LogP) is 2.91. The largest absolute Gasteiger partial charge is 0.390 e. The summed E-state index contributed by atoms with van der Waals surface area (Å²) < 4.78 is 35.8. The quantitative estimate of drug-likeness (QED) is 0.438. The van der Waals surface area contributed by atoms with Gasteiger partial charge in [0, 0.05) is 19.6 Å². The molecule has 0 aromatic heterocycles. The molecule has 0 bridgehead atoms. The Kier molecular flexibility index (Phi) is 7.97. The fourth-order valence-corrected chi connectivity index (χ4v) is 1.81. The summed E-state index contributed by atoms with van der Waals surface area (Å²) in [7, 11) is 1.57. The molecule has 2 unspecified atom stereocenters. The molecule has 1 saturated carbocycles. The van der Waals surface area contributed by atoms with Crippen LogP contribution < -0.4 is 10.6 Å². The fraction of sp³-hybridized carbons (Fsp3) is 0.909. The van der Waals surface area contributed by atoms with Crippen molar-refractivity contribution in [1.82, 2.24) is 10.6 Å². The van der Waals surface area contributed by atoms with Gasteiger partial charge in [-0.25, -0.2) is 0 Å². The summed E-state index contributed by atoms with van der Waals surface area (Å²) in [5, 5.41) is 5.81. The molecule has 1 fully saturated rings. The lowest BCUT2D eigenvalue weighted by molar-refractivity contribution is -0.132. The van der Waals surface area contributed by atoms with Crippen LogP contribution >= 0.6 is 24.0 Å². The Balaban J connectivity index is 0.00000289. The Hall–Kier alpha value is -0.210. The Morgan fingerprint density at radius 3 is 2.56 bits per heavy atom. The van der Waals surface area contributed by atoms with Gasteiger partial charge in [0.1, 0.15) is 0 Å². The van der Waals surface area contributed by atoms with Crippen LogP contribution in [0.1, 0.15) is 32.6 Å². The number of nitrogens with one attached hydrogen (secondary N) is 2. The van der Waals surface area contributed by atoms with E-state index in [0.29, 0.717) is 17.9 Å². The fourth-order valence-electron chi connectivity index (χ4n) is 1.81. The van der Waals surface area contributed by atoms with E-state index in [4.69, 9.17) is 0 Å². The number of hydrogen-bond donors (Lipinski definition) is 2. The number of nitrogens with zero attached hydrogens (tertiary/aromatic N) is 1. The summed E-state index contributed by atoms with van der Waals surface area (Å²) in [6.45, 7) is 2.00. The van der Waals surface area contributed by atoms with Crippen LogP contribution in [0, 0.1) is 5.92 Å². The highest BCUT2D eigenvalue weighted by atomic mass is 127. The third-order valence-electron chi connectivity index (χ3n) is 2.83. The minimum absolute atomic E-state index is 0. The minimum atomic E-state index is -4.11.